The van der Waals surface area contributed by atoms with Crippen molar-refractivity contribution in [2.45, 2.75) is 13.3 Å². The molecule has 0 aromatic carbocycles. The van der Waals surface area contributed by atoms with Crippen LogP contribution in [0.4, 0.5) is 5.82 Å². The second kappa shape index (κ2) is 5.84. The van der Waals surface area contributed by atoms with E-state index in [9.17, 15) is 0 Å². The van der Waals surface area contributed by atoms with Crippen molar-refractivity contribution in [1.82, 2.24) is 4.98 Å². The summed E-state index contributed by atoms with van der Waals surface area (Å²) in [5.74, 6) is 0.945. The molecule has 2 rings (SSSR count). The molecule has 2 aromatic rings. The maximum absolute atomic E-state index is 7.52. The molecule has 0 aliphatic heterocycles. The Labute approximate surface area is 117 Å². The SMILES string of the molecule is Cc1cc(C(=N)N)cc(N(C)CCc2cccs2)n1. The third-order valence-electron chi connectivity index (χ3n) is 2.92. The molecule has 3 N–H and O–H groups in total. The fraction of sp³-hybridized carbons (Fsp3) is 0.286. The van der Waals surface area contributed by atoms with Crippen LogP contribution in [0.15, 0.2) is 29.6 Å². The molecule has 0 saturated heterocycles. The van der Waals surface area contributed by atoms with Crippen molar-refractivity contribution in [2.75, 3.05) is 18.5 Å². The van der Waals surface area contributed by atoms with Gasteiger partial charge in [0.05, 0.1) is 0 Å². The highest BCUT2D eigenvalue weighted by molar-refractivity contribution is 7.09. The third kappa shape index (κ3) is 3.54. The second-order valence-electron chi connectivity index (χ2n) is 4.52. The number of rotatable bonds is 5. The van der Waals surface area contributed by atoms with Crippen molar-refractivity contribution < 1.29 is 0 Å². The number of pyridine rings is 1. The average molecular weight is 274 g/mol. The number of nitrogens with one attached hydrogen (secondary N) is 1. The van der Waals surface area contributed by atoms with E-state index in [1.807, 2.05) is 26.1 Å². The van der Waals surface area contributed by atoms with Crippen LogP contribution in [-0.4, -0.2) is 24.4 Å². The van der Waals surface area contributed by atoms with Crippen LogP contribution in [0.5, 0.6) is 0 Å². The first-order valence-electron chi connectivity index (χ1n) is 6.13. The van der Waals surface area contributed by atoms with Crippen molar-refractivity contribution >= 4 is 23.0 Å². The highest BCUT2D eigenvalue weighted by Crippen LogP contribution is 2.15. The maximum atomic E-state index is 7.52. The minimum atomic E-state index is 0.0819. The van der Waals surface area contributed by atoms with Gasteiger partial charge in [-0.15, -0.1) is 11.3 Å². The molecule has 100 valence electrons. The van der Waals surface area contributed by atoms with E-state index >= 15 is 0 Å². The lowest BCUT2D eigenvalue weighted by Crippen LogP contribution is -2.22. The van der Waals surface area contributed by atoms with Gasteiger partial charge in [-0.25, -0.2) is 4.98 Å². The van der Waals surface area contributed by atoms with Crippen molar-refractivity contribution in [3.8, 4) is 0 Å². The van der Waals surface area contributed by atoms with Crippen molar-refractivity contribution in [3.63, 3.8) is 0 Å². The van der Waals surface area contributed by atoms with Gasteiger partial charge in [0.25, 0.3) is 0 Å². The molecule has 0 bridgehead atoms. The Bertz CT molecular complexity index is 563. The number of likely N-dealkylation sites (N-methyl/N-ethyl adjacent to an activating group) is 1. The van der Waals surface area contributed by atoms with E-state index < -0.39 is 0 Å². The predicted molar refractivity (Wildman–Crippen MR) is 81.3 cm³/mol. The van der Waals surface area contributed by atoms with E-state index in [1.165, 1.54) is 4.88 Å². The zero-order chi connectivity index (χ0) is 13.8. The molecule has 2 aromatic heterocycles. The number of amidine groups is 1. The van der Waals surface area contributed by atoms with Gasteiger partial charge in [-0.3, -0.25) is 5.41 Å². The molecular weight excluding hydrogens is 256 g/mol. The number of nitrogen functional groups attached to an aromatic ring is 1. The van der Waals surface area contributed by atoms with Gasteiger partial charge < -0.3 is 10.6 Å². The van der Waals surface area contributed by atoms with Crippen LogP contribution in [-0.2, 0) is 6.42 Å². The molecule has 0 amide bonds. The highest BCUT2D eigenvalue weighted by Gasteiger charge is 2.07. The fourth-order valence-corrected chi connectivity index (χ4v) is 2.55. The second-order valence-corrected chi connectivity index (χ2v) is 5.55. The Morgan fingerprint density at radius 3 is 2.89 bits per heavy atom. The zero-order valence-corrected chi connectivity index (χ0v) is 12.0. The van der Waals surface area contributed by atoms with Crippen LogP contribution in [0.3, 0.4) is 0 Å². The molecule has 0 aliphatic carbocycles. The first-order chi connectivity index (χ1) is 9.06. The van der Waals surface area contributed by atoms with Gasteiger partial charge in [0.1, 0.15) is 11.7 Å². The Kier molecular flexibility index (Phi) is 4.16. The van der Waals surface area contributed by atoms with E-state index in [4.69, 9.17) is 11.1 Å². The number of nitrogens with zero attached hydrogens (tertiary/aromatic N) is 2. The molecule has 0 spiro atoms. The summed E-state index contributed by atoms with van der Waals surface area (Å²) >= 11 is 1.77. The van der Waals surface area contributed by atoms with E-state index in [-0.39, 0.29) is 5.84 Å². The molecule has 0 fully saturated rings. The summed E-state index contributed by atoms with van der Waals surface area (Å²) in [5, 5.41) is 9.61. The first kappa shape index (κ1) is 13.5. The Morgan fingerprint density at radius 1 is 1.47 bits per heavy atom. The number of hydrogen-bond acceptors (Lipinski definition) is 4. The van der Waals surface area contributed by atoms with Crippen LogP contribution < -0.4 is 10.6 Å². The summed E-state index contributed by atoms with van der Waals surface area (Å²) < 4.78 is 0. The molecule has 19 heavy (non-hydrogen) atoms. The average Bonchev–Trinajstić information content (AvgIpc) is 2.88. The van der Waals surface area contributed by atoms with Gasteiger partial charge >= 0.3 is 0 Å². The summed E-state index contributed by atoms with van der Waals surface area (Å²) in [5.41, 5.74) is 7.15. The maximum Gasteiger partial charge on any atom is 0.129 e. The Balaban J connectivity index is 2.09. The van der Waals surface area contributed by atoms with Gasteiger partial charge in [0, 0.05) is 29.7 Å². The lowest BCUT2D eigenvalue weighted by molar-refractivity contribution is 0.865. The molecule has 5 heteroatoms. The van der Waals surface area contributed by atoms with E-state index in [0.717, 1.165) is 30.0 Å². The topological polar surface area (TPSA) is 66.0 Å². The largest absolute Gasteiger partial charge is 0.384 e. The Hall–Kier alpha value is -1.88. The van der Waals surface area contributed by atoms with Crippen LogP contribution in [0.25, 0.3) is 0 Å². The highest BCUT2D eigenvalue weighted by atomic mass is 32.1. The lowest BCUT2D eigenvalue weighted by Gasteiger charge is -2.19. The number of aromatic nitrogens is 1. The first-order valence-corrected chi connectivity index (χ1v) is 7.01. The molecule has 2 heterocycles. The summed E-state index contributed by atoms with van der Waals surface area (Å²) in [7, 11) is 2.01. The quantitative estimate of drug-likeness (QED) is 0.650. The predicted octanol–water partition coefficient (Wildman–Crippen LogP) is 2.41. The van der Waals surface area contributed by atoms with Crippen molar-refractivity contribution in [2.24, 2.45) is 5.73 Å². The molecule has 0 aliphatic rings. The molecule has 0 atom stereocenters. The summed E-state index contributed by atoms with van der Waals surface area (Å²) in [4.78, 5) is 7.96. The minimum absolute atomic E-state index is 0.0819. The van der Waals surface area contributed by atoms with Gasteiger partial charge in [-0.05, 0) is 36.9 Å². The number of nitrogens with two attached hydrogens (primary N) is 1. The van der Waals surface area contributed by atoms with Gasteiger partial charge in [-0.2, -0.15) is 0 Å². The van der Waals surface area contributed by atoms with Crippen LogP contribution in [0.2, 0.25) is 0 Å². The normalized spacial score (nSPS) is 10.4. The van der Waals surface area contributed by atoms with E-state index in [2.05, 4.69) is 27.4 Å². The monoisotopic (exact) mass is 274 g/mol. The number of hydrogen-bond donors (Lipinski definition) is 2. The molecule has 0 saturated carbocycles. The number of anilines is 1. The summed E-state index contributed by atoms with van der Waals surface area (Å²) in [6, 6.07) is 7.91. The standard InChI is InChI=1S/C14H18N4S/c1-10-8-11(14(15)16)9-13(17-10)18(2)6-5-12-4-3-7-19-12/h3-4,7-9H,5-6H2,1-2H3,(H3,15,16). The van der Waals surface area contributed by atoms with E-state index in [0.29, 0.717) is 0 Å². The number of thiophene rings is 1. The van der Waals surface area contributed by atoms with Crippen LogP contribution >= 0.6 is 11.3 Å². The van der Waals surface area contributed by atoms with Crippen LogP contribution in [0.1, 0.15) is 16.1 Å². The minimum Gasteiger partial charge on any atom is -0.384 e. The van der Waals surface area contributed by atoms with Gasteiger partial charge in [-0.1, -0.05) is 6.07 Å². The smallest absolute Gasteiger partial charge is 0.129 e. The van der Waals surface area contributed by atoms with Gasteiger partial charge in [0.2, 0.25) is 0 Å². The fourth-order valence-electron chi connectivity index (χ4n) is 1.85. The van der Waals surface area contributed by atoms with Crippen LogP contribution in [0, 0.1) is 12.3 Å². The molecule has 4 nitrogen and oxygen atoms in total. The molecule has 0 unspecified atom stereocenters. The van der Waals surface area contributed by atoms with Crippen molar-refractivity contribution in [3.05, 3.63) is 45.8 Å². The summed E-state index contributed by atoms with van der Waals surface area (Å²) in [6.07, 6.45) is 0.999. The molecular formula is C14H18N4S. The molecule has 0 radical (unpaired) electrons. The van der Waals surface area contributed by atoms with E-state index in [1.54, 1.807) is 11.3 Å². The summed E-state index contributed by atoms with van der Waals surface area (Å²) in [6.45, 7) is 2.82. The van der Waals surface area contributed by atoms with Crippen molar-refractivity contribution in [1.29, 1.82) is 5.41 Å². The third-order valence-corrected chi connectivity index (χ3v) is 3.85. The van der Waals surface area contributed by atoms with Gasteiger partial charge in [0.15, 0.2) is 0 Å². The lowest BCUT2D eigenvalue weighted by atomic mass is 10.2. The number of aryl methyl sites for hydroxylation is 1. The zero-order valence-electron chi connectivity index (χ0n) is 11.2. The Morgan fingerprint density at radius 2 is 2.26 bits per heavy atom.